The van der Waals surface area contributed by atoms with Gasteiger partial charge in [-0.05, 0) is 150 Å². The summed E-state index contributed by atoms with van der Waals surface area (Å²) < 4.78 is 1.47. The third-order valence-electron chi connectivity index (χ3n) is 26.1. The van der Waals surface area contributed by atoms with Gasteiger partial charge in [0.1, 0.15) is 90.8 Å². The first kappa shape index (κ1) is 114. The number of fused-ring (bicyclic) bond motifs is 2. The molecule has 0 bridgehead atoms. The summed E-state index contributed by atoms with van der Waals surface area (Å²) in [5.41, 5.74) is 26.6. The van der Waals surface area contributed by atoms with Crippen LogP contribution in [-0.4, -0.2) is 307 Å². The van der Waals surface area contributed by atoms with Crippen LogP contribution in [0.4, 0.5) is 4.79 Å². The number of likely N-dealkylation sites (N-methyl/N-ethyl adjacent to an activating group) is 3. The highest BCUT2D eigenvalue weighted by atomic mass is 32.2. The molecule has 8 rings (SSSR count). The molecule has 5 heterocycles. The number of rotatable bonds is 45. The minimum atomic E-state index is -1.69. The second kappa shape index (κ2) is 56.1. The number of urea groups is 1. The Morgan fingerprint density at radius 3 is 1.82 bits per heavy atom. The van der Waals surface area contributed by atoms with Crippen molar-refractivity contribution in [3.8, 4) is 5.75 Å². The minimum Gasteiger partial charge on any atom is -0.508 e. The normalized spacial score (nSPS) is 20.6. The lowest BCUT2D eigenvalue weighted by Gasteiger charge is -2.36. The van der Waals surface area contributed by atoms with Gasteiger partial charge in [0.15, 0.2) is 0 Å². The average molecular weight is 2000 g/mol. The summed E-state index contributed by atoms with van der Waals surface area (Å²) in [5.74, 6) is -15.7. The number of phenols is 1. The van der Waals surface area contributed by atoms with E-state index in [0.717, 1.165) is 41.5 Å². The van der Waals surface area contributed by atoms with Crippen LogP contribution in [0.15, 0.2) is 85.2 Å². The summed E-state index contributed by atoms with van der Waals surface area (Å²) in [6, 6.07) is -0.188. The summed E-state index contributed by atoms with van der Waals surface area (Å²) in [4.78, 5) is 271. The number of aromatic nitrogens is 2. The Bertz CT molecular complexity index is 5210. The van der Waals surface area contributed by atoms with Crippen molar-refractivity contribution in [1.82, 2.24) is 92.5 Å². The Morgan fingerprint density at radius 2 is 1.19 bits per heavy atom. The highest BCUT2D eigenvalue weighted by molar-refractivity contribution is 7.99. The number of aromatic amines is 1. The fraction of sp³-hybridized carbons (Fsp3) is 0.596. The third kappa shape index (κ3) is 33.6. The summed E-state index contributed by atoms with van der Waals surface area (Å²) in [7, 11) is 4.22. The molecule has 3 aromatic carbocycles. The van der Waals surface area contributed by atoms with Gasteiger partial charge in [0, 0.05) is 118 Å². The zero-order valence-corrected chi connectivity index (χ0v) is 84.3. The van der Waals surface area contributed by atoms with Gasteiger partial charge in [0.05, 0.1) is 13.0 Å². The zero-order chi connectivity index (χ0) is 104. The van der Waals surface area contributed by atoms with Crippen LogP contribution in [0.1, 0.15) is 194 Å². The second-order valence-electron chi connectivity index (χ2n) is 38.3. The number of nitrogens with two attached hydrogens (primary N) is 4. The van der Waals surface area contributed by atoms with Gasteiger partial charge in [-0.25, -0.2) is 4.79 Å². The zero-order valence-electron chi connectivity index (χ0n) is 83.5. The number of primary amides is 2. The van der Waals surface area contributed by atoms with Crippen LogP contribution in [0.25, 0.3) is 21.8 Å². The monoisotopic (exact) mass is 2000 g/mol. The number of nitrogens with zero attached hydrogens (tertiary/aromatic N) is 6. The largest absolute Gasteiger partial charge is 0.508 e. The maximum atomic E-state index is 16.1. The number of aromatic hydroxyl groups is 1. The Balaban J connectivity index is 1.13. The number of carboxylic acids is 1. The van der Waals surface area contributed by atoms with Gasteiger partial charge in [0.25, 0.3) is 0 Å². The molecule has 2 unspecified atom stereocenters. The lowest BCUT2D eigenvalue weighted by Crippen LogP contribution is -2.62. The number of H-pyrrole nitrogens is 1. The van der Waals surface area contributed by atoms with Crippen LogP contribution in [-0.2, 0) is 107 Å². The Morgan fingerprint density at radius 1 is 0.585 bits per heavy atom. The van der Waals surface area contributed by atoms with Gasteiger partial charge in [-0.15, -0.1) is 0 Å². The fourth-order valence-corrected chi connectivity index (χ4v) is 19.2. The van der Waals surface area contributed by atoms with E-state index in [1.807, 2.05) is 27.7 Å². The van der Waals surface area contributed by atoms with Crippen LogP contribution in [0.2, 0.25) is 0 Å². The number of thioether (sulfide) groups is 1. The summed E-state index contributed by atoms with van der Waals surface area (Å²) in [5, 5.41) is 51.4. The Kier molecular flexibility index (Phi) is 45.1. The number of para-hydroxylation sites is 2. The number of carboxylic acid groups (broad SMARTS) is 1. The number of aliphatic carboxylic acids is 1. The number of unbranched alkanes of at least 4 members (excludes halogenated alkanes) is 5. The predicted octanol–water partition coefficient (Wildman–Crippen LogP) is 1.56. The molecule has 0 spiro atoms. The number of phenolic OH excluding ortho intramolecular Hbond substituents is 1. The smallest absolute Gasteiger partial charge is 0.323 e. The van der Waals surface area contributed by atoms with Crippen molar-refractivity contribution in [3.05, 3.63) is 102 Å². The van der Waals surface area contributed by atoms with Gasteiger partial charge in [-0.3, -0.25) is 81.5 Å². The summed E-state index contributed by atoms with van der Waals surface area (Å²) in [6.07, 6.45) is 7.13. The maximum Gasteiger partial charge on any atom is 0.323 e. The first-order valence-corrected chi connectivity index (χ1v) is 50.5. The number of nitrogens with one attached hydrogen (secondary N) is 12. The molecule has 780 valence electrons. The first-order valence-electron chi connectivity index (χ1n) is 49.4. The molecule has 15 atom stereocenters. The van der Waals surface area contributed by atoms with E-state index in [2.05, 4.69) is 63.5 Å². The van der Waals surface area contributed by atoms with Crippen LogP contribution in [0.5, 0.6) is 5.75 Å². The molecular weight excluding hydrogens is 1850 g/mol. The van der Waals surface area contributed by atoms with Crippen molar-refractivity contribution in [3.63, 3.8) is 0 Å². The Hall–Kier alpha value is -12.9. The van der Waals surface area contributed by atoms with Crippen molar-refractivity contribution in [2.45, 2.75) is 288 Å². The van der Waals surface area contributed by atoms with Gasteiger partial charge >= 0.3 is 12.0 Å². The Labute approximate surface area is 832 Å². The topological polar surface area (TPSA) is 621 Å². The molecular formula is C99H148N22O20S. The average Bonchev–Trinajstić information content (AvgIpc) is 1.65. The minimum absolute atomic E-state index is 0.00968. The summed E-state index contributed by atoms with van der Waals surface area (Å²) in [6.45, 7) is 12.9. The number of hydrogen-bond donors (Lipinski definition) is 18. The number of carbonyl (C=O) groups excluding carboxylic acids is 17. The van der Waals surface area contributed by atoms with Crippen LogP contribution >= 0.6 is 11.8 Å². The molecule has 2 aromatic heterocycles. The first-order chi connectivity index (χ1) is 67.5. The fourth-order valence-electron chi connectivity index (χ4n) is 18.1. The molecule has 3 aliphatic heterocycles. The molecule has 18 amide bonds. The highest BCUT2D eigenvalue weighted by Gasteiger charge is 2.46. The molecule has 5 aromatic rings. The van der Waals surface area contributed by atoms with Gasteiger partial charge in [-0.1, -0.05) is 136 Å². The molecule has 42 nitrogen and oxygen atoms in total. The molecule has 0 aliphatic carbocycles. The number of benzene rings is 3. The molecule has 3 aliphatic rings. The quantitative estimate of drug-likeness (QED) is 0.0246. The number of hydrogen-bond acceptors (Lipinski definition) is 22. The van der Waals surface area contributed by atoms with Crippen LogP contribution < -0.4 is 81.4 Å². The van der Waals surface area contributed by atoms with Crippen molar-refractivity contribution >= 4 is 140 Å². The van der Waals surface area contributed by atoms with E-state index >= 15 is 33.6 Å². The number of likely N-dealkylation sites (tertiary alicyclic amines) is 2. The van der Waals surface area contributed by atoms with Crippen LogP contribution in [0.3, 0.4) is 0 Å². The molecule has 22 N–H and O–H groups in total. The lowest BCUT2D eigenvalue weighted by atomic mass is 9.99. The van der Waals surface area contributed by atoms with E-state index in [9.17, 15) is 63.0 Å². The molecule has 43 heteroatoms. The molecule has 142 heavy (non-hydrogen) atoms. The standard InChI is InChI=1S/C99H148N22O20S/c1-12-14-29-78-91(133)109-70(44-57(3)4)88(130)115-76(86(128)106-52-83(103)124)56-142-55-64(101)36-39-69(87(129)113-73(95(137)118(11)81(30-15-13-2)98(140)117(78)10)48-63-53-119(54-84(125)126)77-31-21-19-27-67(63)77)108-89(131)71(47-62-50-105-68-28-20-18-26-66(62)68)110-92(134)79-32-24-42-120(79)96(138)72(45-58(5)6)112-90(132)75(51-107-99(141)104-41-23-17-16-22-40-100)114-93(135)80-33-25-43-121(80)97(139)74(49-82(102)123)111-85(127)60(8)116(9)94(136)59(7)46-61-34-37-65(122)38-35-61/h18-21,26-28,31,34-35,37-38,50,53,57-60,64,69-76,78-81,105,122H,12-17,22-25,29-30,32-33,36,39-49,51-52,54-56,100-101H2,1-11H3,(H2,102,123)(H2,103,124)(H,106,128)(H,108,131)(H,109,133)(H,110,134)(H,111,127)(H,112,132)(H,113,129)(H,114,135)(H,115,130)(H,125,126)(H2,104,107,141)/t59-,60-,64?,69-,70-,71-,72-,73-,74-,75-,76-,78-,79?,80-,81-/m0/s1. The maximum absolute atomic E-state index is 16.1. The lowest BCUT2D eigenvalue weighted by molar-refractivity contribution is -0.149. The van der Waals surface area contributed by atoms with E-state index in [4.69, 9.17) is 22.9 Å². The van der Waals surface area contributed by atoms with E-state index in [0.29, 0.717) is 71.6 Å². The second-order valence-corrected chi connectivity index (χ2v) is 39.3. The van der Waals surface area contributed by atoms with E-state index < -0.39 is 223 Å². The van der Waals surface area contributed by atoms with E-state index in [-0.39, 0.29) is 132 Å². The number of amides is 18. The van der Waals surface area contributed by atoms with E-state index in [1.165, 1.54) is 64.4 Å². The summed E-state index contributed by atoms with van der Waals surface area (Å²) >= 11 is 1.10. The molecule has 0 radical (unpaired) electrons. The predicted molar refractivity (Wildman–Crippen MR) is 534 cm³/mol. The van der Waals surface area contributed by atoms with Crippen molar-refractivity contribution in [1.29, 1.82) is 0 Å². The number of carbonyl (C=O) groups is 18. The third-order valence-corrected chi connectivity index (χ3v) is 27.3. The van der Waals surface area contributed by atoms with Gasteiger partial charge in [0.2, 0.25) is 94.5 Å². The van der Waals surface area contributed by atoms with Gasteiger partial charge in [-0.2, -0.15) is 11.8 Å². The molecule has 3 fully saturated rings. The van der Waals surface area contributed by atoms with Crippen molar-refractivity contribution < 1.29 is 96.5 Å². The highest BCUT2D eigenvalue weighted by Crippen LogP contribution is 2.30. The SMILES string of the molecule is CCCC[C@H]1C(=O)N(C)[C@@H](CCCC)C(=O)N[C@@H](CC(C)C)C(=O)N[C@H](C(=O)NCC(N)=O)CSCC(N)CC[C@H](NC(=O)[C@H](Cc2c[nH]c3ccccc23)NC(=O)C2CCCN2C(=O)[C@H](CC(C)C)NC(=O)[C@H](CNC(=O)NCCCCCCN)NC(=O)[C@@H]2CCCN2C(=O)[C@H](CC(N)=O)NC(=O)[C@H](C)N(C)C(=O)[C@@H](C)Cc2ccc(O)cc2)C(=O)N[C@@H](Cc2cn(CC(=O)O)c3ccccc23)C(=O)N1C. The van der Waals surface area contributed by atoms with Crippen molar-refractivity contribution in [2.24, 2.45) is 40.7 Å². The van der Waals surface area contributed by atoms with Crippen LogP contribution in [0, 0.1) is 17.8 Å². The van der Waals surface area contributed by atoms with Gasteiger partial charge < -0.3 is 126 Å². The van der Waals surface area contributed by atoms with Crippen molar-refractivity contribution in [2.75, 3.05) is 71.9 Å². The van der Waals surface area contributed by atoms with E-state index in [1.54, 1.807) is 93.8 Å². The molecule has 0 saturated carbocycles. The molecule has 3 saturated heterocycles.